The molecule has 5 fully saturated rings. The van der Waals surface area contributed by atoms with Gasteiger partial charge in [0.2, 0.25) is 11.8 Å². The number of imide groups is 1. The lowest BCUT2D eigenvalue weighted by Gasteiger charge is -2.42. The van der Waals surface area contributed by atoms with Crippen LogP contribution in [0.15, 0.2) is 53.7 Å². The van der Waals surface area contributed by atoms with Crippen molar-refractivity contribution in [1.82, 2.24) is 30.1 Å². The lowest BCUT2D eigenvalue weighted by Crippen LogP contribution is -2.48. The maximum absolute atomic E-state index is 15.1. The van der Waals surface area contributed by atoms with Crippen LogP contribution in [-0.2, 0) is 9.59 Å². The SMILES string of the molecule is C#Cc1c(F)ccc2cc(O)cc(-c3ncc4c(N5CCCC(C)C5)nc(OCC5(CN6CCC(N7CCC(c8ccc(C(=NC)C9CCC(=O)NC9=O)c(C)c8)CC7)CC6)CC5)nc4c3C)c12.CCC(C)C. The second-order valence-electron chi connectivity index (χ2n) is 22.3. The highest BCUT2D eigenvalue weighted by Gasteiger charge is 2.46. The van der Waals surface area contributed by atoms with Crippen LogP contribution in [-0.4, -0.2) is 113 Å². The monoisotopic (exact) mass is 991 g/mol. The standard InChI is InChI=1S/C55H63FN8O4.C5H12/c1-6-41-46(56)13-10-38-27-40(65)28-44(48(38)41)49-35(4)50-45(29-58-49)52(64-21-7-8-33(2)30-64)61-54(60-50)68-32-55(19-20-55)31-62-22-17-39(18-23-62)63-24-15-36(16-25-63)37-9-11-42(34(3)26-37)51(57-5)43-12-14-47(66)59-53(43)67;1-4-5(2)3/h1,9-11,13,26-29,33,36,39,43,65H,7-8,12,14-25,30-32H2,2-5H3,(H,59,66,67);5H,4H2,1-3H3. The number of phenolic OH excluding ortho intramolecular Hbond substituents is 1. The number of aryl methyl sites for hydroxylation is 2. The number of amides is 2. The predicted molar refractivity (Wildman–Crippen MR) is 290 cm³/mol. The van der Waals surface area contributed by atoms with Gasteiger partial charge in [-0.25, -0.2) is 4.39 Å². The first-order valence-electron chi connectivity index (χ1n) is 27.0. The van der Waals surface area contributed by atoms with Gasteiger partial charge in [0.25, 0.3) is 0 Å². The Balaban J connectivity index is 0.00000125. The third-order valence-corrected chi connectivity index (χ3v) is 16.6. The zero-order chi connectivity index (χ0) is 51.6. The molecular formula is C60H75FN8O4. The quantitative estimate of drug-likeness (QED) is 0.0706. The summed E-state index contributed by atoms with van der Waals surface area (Å²) in [5.41, 5.74) is 7.07. The van der Waals surface area contributed by atoms with Gasteiger partial charge in [0.15, 0.2) is 0 Å². The minimum Gasteiger partial charge on any atom is -0.508 e. The van der Waals surface area contributed by atoms with Crippen molar-refractivity contribution >= 4 is 45.0 Å². The fourth-order valence-corrected chi connectivity index (χ4v) is 11.8. The third-order valence-electron chi connectivity index (χ3n) is 16.6. The van der Waals surface area contributed by atoms with Crippen LogP contribution in [0, 0.1) is 55.2 Å². The van der Waals surface area contributed by atoms with Crippen LogP contribution >= 0.6 is 0 Å². The smallest absolute Gasteiger partial charge is 0.318 e. The largest absolute Gasteiger partial charge is 0.508 e. The highest BCUT2D eigenvalue weighted by atomic mass is 19.1. The number of nitrogens with zero attached hydrogens (tertiary/aromatic N) is 7. The van der Waals surface area contributed by atoms with Crippen molar-refractivity contribution in [3.05, 3.63) is 82.3 Å². The molecule has 2 N–H and O–H groups in total. The number of carbonyl (C=O) groups excluding carboxylic acids is 2. The van der Waals surface area contributed by atoms with Gasteiger partial charge in [-0.05, 0) is 156 Å². The van der Waals surface area contributed by atoms with E-state index in [-0.39, 0.29) is 28.5 Å². The molecule has 2 atom stereocenters. The number of hydrogen-bond donors (Lipinski definition) is 2. The average molecular weight is 991 g/mol. The van der Waals surface area contributed by atoms with Gasteiger partial charge in [-0.2, -0.15) is 9.97 Å². The molecule has 2 aromatic heterocycles. The predicted octanol–water partition coefficient (Wildman–Crippen LogP) is 10.6. The van der Waals surface area contributed by atoms with Gasteiger partial charge in [0.05, 0.1) is 40.4 Å². The third kappa shape index (κ3) is 11.4. The van der Waals surface area contributed by atoms with Gasteiger partial charge in [-0.15, -0.1) is 6.42 Å². The number of likely N-dealkylation sites (tertiary alicyclic amines) is 2. The number of aliphatic imine (C=N–C) groups is 1. The number of phenols is 1. The Bertz CT molecular complexity index is 2930. The van der Waals surface area contributed by atoms with Crippen LogP contribution < -0.4 is 15.0 Å². The highest BCUT2D eigenvalue weighted by Crippen LogP contribution is 2.47. The Kier molecular flexibility index (Phi) is 15.8. The highest BCUT2D eigenvalue weighted by molar-refractivity contribution is 6.17. The number of nitrogens with one attached hydrogen (secondary N) is 1. The molecule has 386 valence electrons. The summed E-state index contributed by atoms with van der Waals surface area (Å²) in [6.45, 7) is 20.7. The van der Waals surface area contributed by atoms with E-state index in [1.807, 2.05) is 6.92 Å². The summed E-state index contributed by atoms with van der Waals surface area (Å²) >= 11 is 0. The van der Waals surface area contributed by atoms with Crippen molar-refractivity contribution in [2.75, 3.05) is 64.4 Å². The van der Waals surface area contributed by atoms with E-state index in [1.54, 1.807) is 31.4 Å². The number of terminal acetylenes is 1. The zero-order valence-electron chi connectivity index (χ0n) is 44.2. The van der Waals surface area contributed by atoms with Gasteiger partial charge in [0, 0.05) is 67.3 Å². The van der Waals surface area contributed by atoms with E-state index in [1.165, 1.54) is 37.3 Å². The average Bonchev–Trinajstić information content (AvgIpc) is 4.16. The number of piperidine rings is 4. The van der Waals surface area contributed by atoms with Gasteiger partial charge in [-0.3, -0.25) is 24.9 Å². The zero-order valence-corrected chi connectivity index (χ0v) is 44.2. The molecular weight excluding hydrogens is 916 g/mol. The number of carbonyl (C=O) groups is 2. The van der Waals surface area contributed by atoms with Gasteiger partial charge < -0.3 is 24.5 Å². The number of rotatable bonds is 12. The molecule has 73 heavy (non-hydrogen) atoms. The molecule has 1 aliphatic carbocycles. The maximum Gasteiger partial charge on any atom is 0.318 e. The van der Waals surface area contributed by atoms with E-state index in [4.69, 9.17) is 26.1 Å². The van der Waals surface area contributed by atoms with Crippen molar-refractivity contribution in [2.24, 2.45) is 28.2 Å². The molecule has 10 rings (SSSR count). The number of hydrogen-bond acceptors (Lipinski definition) is 11. The van der Waals surface area contributed by atoms with Crippen LogP contribution in [0.5, 0.6) is 11.8 Å². The summed E-state index contributed by atoms with van der Waals surface area (Å²) in [4.78, 5) is 51.8. The molecule has 13 heteroatoms. The number of anilines is 1. The van der Waals surface area contributed by atoms with Crippen molar-refractivity contribution < 1.29 is 23.8 Å². The minimum absolute atomic E-state index is 0.0414. The van der Waals surface area contributed by atoms with Gasteiger partial charge in [0.1, 0.15) is 17.4 Å². The lowest BCUT2D eigenvalue weighted by atomic mass is 9.83. The van der Waals surface area contributed by atoms with Gasteiger partial charge >= 0.3 is 6.01 Å². The molecule has 1 saturated carbocycles. The first-order chi connectivity index (χ1) is 35.2. The summed E-state index contributed by atoms with van der Waals surface area (Å²) < 4.78 is 21.8. The summed E-state index contributed by atoms with van der Waals surface area (Å²) in [7, 11) is 1.74. The fraction of sp³-hybridized carbons (Fsp3) is 0.533. The van der Waals surface area contributed by atoms with Gasteiger partial charge in [-0.1, -0.05) is 64.3 Å². The van der Waals surface area contributed by atoms with E-state index < -0.39 is 11.7 Å². The first-order valence-corrected chi connectivity index (χ1v) is 27.0. The maximum atomic E-state index is 15.1. The number of halogens is 1. The molecule has 2 unspecified atom stereocenters. The number of benzene rings is 3. The molecule has 6 heterocycles. The molecule has 0 spiro atoms. The van der Waals surface area contributed by atoms with Crippen LogP contribution in [0.1, 0.15) is 132 Å². The normalized spacial score (nSPS) is 21.3. The van der Waals surface area contributed by atoms with Crippen LogP contribution in [0.3, 0.4) is 0 Å². The number of aromatic nitrogens is 3. The second-order valence-corrected chi connectivity index (χ2v) is 22.3. The van der Waals surface area contributed by atoms with Crippen molar-refractivity contribution in [2.45, 2.75) is 124 Å². The molecule has 5 aromatic rings. The molecule has 4 aliphatic heterocycles. The molecule has 3 aromatic carbocycles. The molecule has 0 radical (unpaired) electrons. The number of aromatic hydroxyl groups is 1. The van der Waals surface area contributed by atoms with Crippen molar-refractivity contribution in [3.8, 4) is 35.4 Å². The first kappa shape index (κ1) is 51.9. The van der Waals surface area contributed by atoms with Crippen LogP contribution in [0.4, 0.5) is 10.2 Å². The molecule has 12 nitrogen and oxygen atoms in total. The number of ether oxygens (including phenoxy) is 1. The second kappa shape index (κ2) is 22.2. The Morgan fingerprint density at radius 3 is 2.41 bits per heavy atom. The fourth-order valence-electron chi connectivity index (χ4n) is 11.8. The van der Waals surface area contributed by atoms with Crippen LogP contribution in [0.25, 0.3) is 32.9 Å². The minimum atomic E-state index is -0.497. The summed E-state index contributed by atoms with van der Waals surface area (Å²) in [6, 6.07) is 13.8. The molecule has 0 bridgehead atoms. The Morgan fingerprint density at radius 2 is 1.75 bits per heavy atom. The summed E-state index contributed by atoms with van der Waals surface area (Å²) in [6.07, 6.45) is 18.9. The summed E-state index contributed by atoms with van der Waals surface area (Å²) in [5.74, 6) is 3.96. The Labute approximate surface area is 431 Å². The van der Waals surface area contributed by atoms with Crippen molar-refractivity contribution in [3.63, 3.8) is 0 Å². The number of pyridine rings is 1. The molecule has 4 saturated heterocycles. The topological polar surface area (TPSA) is 136 Å². The van der Waals surface area contributed by atoms with Crippen molar-refractivity contribution in [1.29, 1.82) is 0 Å². The van der Waals surface area contributed by atoms with E-state index >= 15 is 4.39 Å². The Hall–Kier alpha value is -5.97. The van der Waals surface area contributed by atoms with E-state index in [0.717, 1.165) is 123 Å². The van der Waals surface area contributed by atoms with E-state index in [9.17, 15) is 14.7 Å². The molecule has 2 amide bonds. The van der Waals surface area contributed by atoms with E-state index in [0.29, 0.717) is 65.4 Å². The molecule has 5 aliphatic rings. The number of fused-ring (bicyclic) bond motifs is 2. The lowest BCUT2D eigenvalue weighted by molar-refractivity contribution is -0.134. The van der Waals surface area contributed by atoms with E-state index in [2.05, 4.69) is 83.7 Å². The van der Waals surface area contributed by atoms with Crippen LogP contribution in [0.2, 0.25) is 0 Å². The Morgan fingerprint density at radius 1 is 1.00 bits per heavy atom. The summed E-state index contributed by atoms with van der Waals surface area (Å²) in [5, 5.41) is 15.3.